The molecule has 0 aliphatic carbocycles. The van der Waals surface area contributed by atoms with Gasteiger partial charge in [0.15, 0.2) is 0 Å². The molecule has 0 amide bonds. The minimum Gasteiger partial charge on any atom is -0.478 e. The number of imidazole rings is 1. The molecule has 0 unspecified atom stereocenters. The molecule has 1 N–H and O–H groups in total. The van der Waals surface area contributed by atoms with Crippen molar-refractivity contribution in [2.75, 3.05) is 13.7 Å². The molecule has 0 aliphatic heterocycles. The average molecular weight is 576 g/mol. The third kappa shape index (κ3) is 5.99. The number of carbonyl (C=O) groups is 1. The second-order valence-electron chi connectivity index (χ2n) is 10.1. The predicted octanol–water partition coefficient (Wildman–Crippen LogP) is 6.90. The van der Waals surface area contributed by atoms with Crippen LogP contribution < -0.4 is 4.74 Å². The fourth-order valence-electron chi connectivity index (χ4n) is 4.86. The van der Waals surface area contributed by atoms with Crippen molar-refractivity contribution < 1.29 is 32.5 Å². The summed E-state index contributed by atoms with van der Waals surface area (Å²) in [6, 6.07) is 15.9. The SMILES string of the molecule is COC[C@H](C)n1c(Cc2cc(F)c(-c3cccc(OCc4ccc(C)cc4F)n3)cc2F)nc2ccc(C(=O)O)cc21. The van der Waals surface area contributed by atoms with Crippen LogP contribution in [0.4, 0.5) is 13.2 Å². The van der Waals surface area contributed by atoms with E-state index in [1.54, 1.807) is 48.9 Å². The lowest BCUT2D eigenvalue weighted by Crippen LogP contribution is -2.15. The van der Waals surface area contributed by atoms with Crippen LogP contribution >= 0.6 is 0 Å². The first-order valence-electron chi connectivity index (χ1n) is 13.2. The van der Waals surface area contributed by atoms with E-state index in [0.29, 0.717) is 29.0 Å². The number of aryl methyl sites for hydroxylation is 1. The maximum Gasteiger partial charge on any atom is 0.335 e. The molecule has 42 heavy (non-hydrogen) atoms. The monoisotopic (exact) mass is 575 g/mol. The molecule has 2 aromatic heterocycles. The van der Waals surface area contributed by atoms with Crippen molar-refractivity contribution in [3.05, 3.63) is 112 Å². The van der Waals surface area contributed by atoms with E-state index in [2.05, 4.69) is 9.97 Å². The van der Waals surface area contributed by atoms with Crippen LogP contribution in [0.3, 0.4) is 0 Å². The molecule has 1 atom stereocenters. The van der Waals surface area contributed by atoms with Crippen molar-refractivity contribution in [2.45, 2.75) is 32.9 Å². The van der Waals surface area contributed by atoms with Gasteiger partial charge in [0.2, 0.25) is 5.88 Å². The Kier molecular flexibility index (Phi) is 8.26. The Morgan fingerprint density at radius 2 is 1.74 bits per heavy atom. The topological polar surface area (TPSA) is 86.5 Å². The first kappa shape index (κ1) is 28.8. The zero-order valence-corrected chi connectivity index (χ0v) is 23.2. The van der Waals surface area contributed by atoms with Crippen molar-refractivity contribution in [1.82, 2.24) is 14.5 Å². The van der Waals surface area contributed by atoms with Gasteiger partial charge in [-0.2, -0.15) is 0 Å². The highest BCUT2D eigenvalue weighted by molar-refractivity contribution is 5.92. The van der Waals surface area contributed by atoms with E-state index >= 15 is 8.78 Å². The van der Waals surface area contributed by atoms with Crippen LogP contribution in [-0.4, -0.2) is 39.3 Å². The minimum absolute atomic E-state index is 0.0487. The molecule has 5 aromatic rings. The molecule has 0 aliphatic rings. The molecule has 5 rings (SSSR count). The summed E-state index contributed by atoms with van der Waals surface area (Å²) in [5, 5.41) is 9.45. The Morgan fingerprint density at radius 1 is 0.952 bits per heavy atom. The maximum absolute atomic E-state index is 15.4. The summed E-state index contributed by atoms with van der Waals surface area (Å²) in [5.41, 5.74) is 2.46. The molecular weight excluding hydrogens is 547 g/mol. The van der Waals surface area contributed by atoms with Gasteiger partial charge in [0, 0.05) is 30.7 Å². The van der Waals surface area contributed by atoms with Gasteiger partial charge in [-0.1, -0.05) is 18.2 Å². The fraction of sp³-hybridized carbons (Fsp3) is 0.219. The van der Waals surface area contributed by atoms with Crippen LogP contribution in [0.2, 0.25) is 0 Å². The normalized spacial score (nSPS) is 12.0. The Hall–Kier alpha value is -4.70. The lowest BCUT2D eigenvalue weighted by Gasteiger charge is -2.17. The highest BCUT2D eigenvalue weighted by Gasteiger charge is 2.21. The van der Waals surface area contributed by atoms with Gasteiger partial charge in [0.05, 0.1) is 34.9 Å². The molecule has 216 valence electrons. The number of hydrogen-bond acceptors (Lipinski definition) is 5. The third-order valence-corrected chi connectivity index (χ3v) is 6.93. The number of pyridine rings is 1. The van der Waals surface area contributed by atoms with Gasteiger partial charge in [-0.3, -0.25) is 0 Å². The van der Waals surface area contributed by atoms with Crippen LogP contribution in [0.15, 0.2) is 66.7 Å². The maximum atomic E-state index is 15.4. The molecule has 0 spiro atoms. The van der Waals surface area contributed by atoms with Gasteiger partial charge in [-0.15, -0.1) is 0 Å². The highest BCUT2D eigenvalue weighted by Crippen LogP contribution is 2.29. The molecule has 0 fully saturated rings. The largest absolute Gasteiger partial charge is 0.478 e. The Labute approximate surface area is 240 Å². The van der Waals surface area contributed by atoms with E-state index < -0.39 is 23.4 Å². The molecule has 0 bridgehead atoms. The first-order chi connectivity index (χ1) is 20.1. The fourth-order valence-corrected chi connectivity index (χ4v) is 4.86. The molecule has 10 heteroatoms. The van der Waals surface area contributed by atoms with E-state index in [0.717, 1.165) is 17.7 Å². The third-order valence-electron chi connectivity index (χ3n) is 6.93. The summed E-state index contributed by atoms with van der Waals surface area (Å²) >= 11 is 0. The zero-order valence-electron chi connectivity index (χ0n) is 23.2. The van der Waals surface area contributed by atoms with Crippen molar-refractivity contribution >= 4 is 17.0 Å². The second kappa shape index (κ2) is 12.0. The number of aromatic nitrogens is 3. The molecule has 0 radical (unpaired) electrons. The molecule has 3 aromatic carbocycles. The molecule has 0 saturated heterocycles. The van der Waals surface area contributed by atoms with Crippen molar-refractivity contribution in [2.24, 2.45) is 0 Å². The molecular formula is C32H28F3N3O4. The summed E-state index contributed by atoms with van der Waals surface area (Å²) in [4.78, 5) is 20.5. The summed E-state index contributed by atoms with van der Waals surface area (Å²) in [6.07, 6.45) is -0.0487. The zero-order chi connectivity index (χ0) is 30.0. The van der Waals surface area contributed by atoms with E-state index in [1.807, 2.05) is 6.92 Å². The second-order valence-corrected chi connectivity index (χ2v) is 10.1. The predicted molar refractivity (Wildman–Crippen MR) is 151 cm³/mol. The Morgan fingerprint density at radius 3 is 2.48 bits per heavy atom. The van der Waals surface area contributed by atoms with Crippen LogP contribution in [0.5, 0.6) is 5.88 Å². The quantitative estimate of drug-likeness (QED) is 0.195. The summed E-state index contributed by atoms with van der Waals surface area (Å²) in [6.45, 7) is 3.88. The average Bonchev–Trinajstić information content (AvgIpc) is 3.31. The van der Waals surface area contributed by atoms with Crippen LogP contribution in [0.1, 0.15) is 45.8 Å². The van der Waals surface area contributed by atoms with E-state index in [-0.39, 0.29) is 47.3 Å². The number of aromatic carboxylic acids is 1. The lowest BCUT2D eigenvalue weighted by molar-refractivity contribution is 0.0697. The number of methoxy groups -OCH3 is 1. The van der Waals surface area contributed by atoms with Gasteiger partial charge in [0.25, 0.3) is 0 Å². The number of carboxylic acids is 1. The number of fused-ring (bicyclic) bond motifs is 1. The Bertz CT molecular complexity index is 1790. The number of carboxylic acid groups (broad SMARTS) is 1. The number of ether oxygens (including phenoxy) is 2. The van der Waals surface area contributed by atoms with Crippen molar-refractivity contribution in [3.63, 3.8) is 0 Å². The summed E-state index contributed by atoms with van der Waals surface area (Å²) in [5.74, 6) is -2.27. The van der Waals surface area contributed by atoms with Crippen LogP contribution in [-0.2, 0) is 17.8 Å². The highest BCUT2D eigenvalue weighted by atomic mass is 19.1. The Balaban J connectivity index is 1.44. The number of hydrogen-bond donors (Lipinski definition) is 1. The standard InChI is InChI=1S/C32H28F3N3O4/c1-18-7-8-21(24(33)11-18)17-42-31-6-4-5-27(37-31)23-15-25(34)22(12-26(23)35)14-30-36-28-10-9-20(32(39)40)13-29(28)38(30)19(2)16-41-3/h4-13,15,19H,14,16-17H2,1-3H3,(H,39,40)/t19-/m0/s1. The number of nitrogens with zero attached hydrogens (tertiary/aromatic N) is 3. The summed E-state index contributed by atoms with van der Waals surface area (Å²) < 4.78 is 57.7. The van der Waals surface area contributed by atoms with E-state index in [4.69, 9.17) is 9.47 Å². The number of halogens is 3. The summed E-state index contributed by atoms with van der Waals surface area (Å²) in [7, 11) is 1.54. The first-order valence-corrected chi connectivity index (χ1v) is 13.2. The van der Waals surface area contributed by atoms with Gasteiger partial charge in [0.1, 0.15) is 29.9 Å². The van der Waals surface area contributed by atoms with Gasteiger partial charge < -0.3 is 19.1 Å². The molecule has 2 heterocycles. The minimum atomic E-state index is -1.08. The smallest absolute Gasteiger partial charge is 0.335 e. The van der Waals surface area contributed by atoms with Gasteiger partial charge >= 0.3 is 5.97 Å². The van der Waals surface area contributed by atoms with E-state index in [1.165, 1.54) is 24.3 Å². The van der Waals surface area contributed by atoms with Gasteiger partial charge in [-0.25, -0.2) is 27.9 Å². The van der Waals surface area contributed by atoms with E-state index in [9.17, 15) is 14.3 Å². The van der Waals surface area contributed by atoms with Crippen molar-refractivity contribution in [3.8, 4) is 17.1 Å². The number of rotatable bonds is 10. The molecule has 7 nitrogen and oxygen atoms in total. The van der Waals surface area contributed by atoms with Gasteiger partial charge in [-0.05, 0) is 67.4 Å². The van der Waals surface area contributed by atoms with Crippen LogP contribution in [0, 0.1) is 24.4 Å². The lowest BCUT2D eigenvalue weighted by atomic mass is 10.0. The van der Waals surface area contributed by atoms with Crippen LogP contribution in [0.25, 0.3) is 22.3 Å². The molecule has 0 saturated carbocycles. The van der Waals surface area contributed by atoms with Crippen molar-refractivity contribution in [1.29, 1.82) is 0 Å². The number of benzene rings is 3.